The van der Waals surface area contributed by atoms with Crippen LogP contribution in [0.15, 0.2) is 24.3 Å². The van der Waals surface area contributed by atoms with Crippen LogP contribution in [0.5, 0.6) is 0 Å². The van der Waals surface area contributed by atoms with Crippen molar-refractivity contribution < 1.29 is 19.4 Å². The maximum Gasteiger partial charge on any atom is 0.335 e. The number of hydrogen-bond donors (Lipinski definition) is 3. The number of amides is 1. The van der Waals surface area contributed by atoms with Gasteiger partial charge in [-0.2, -0.15) is 0 Å². The highest BCUT2D eigenvalue weighted by molar-refractivity contribution is 5.97. The smallest absolute Gasteiger partial charge is 0.335 e. The van der Waals surface area contributed by atoms with Gasteiger partial charge >= 0.3 is 5.97 Å². The van der Waals surface area contributed by atoms with Gasteiger partial charge in [-0.05, 0) is 44.1 Å². The predicted molar refractivity (Wildman–Crippen MR) is 78.4 cm³/mol. The number of piperidine rings is 1. The molecule has 0 aliphatic carbocycles. The first-order valence-electron chi connectivity index (χ1n) is 6.92. The molecule has 21 heavy (non-hydrogen) atoms. The summed E-state index contributed by atoms with van der Waals surface area (Å²) in [6, 6.07) is 6.26. The minimum Gasteiger partial charge on any atom is -0.478 e. The monoisotopic (exact) mass is 292 g/mol. The third-order valence-electron chi connectivity index (χ3n) is 3.83. The van der Waals surface area contributed by atoms with Gasteiger partial charge in [0.2, 0.25) is 5.91 Å². The van der Waals surface area contributed by atoms with Gasteiger partial charge in [0.15, 0.2) is 0 Å². The molecule has 2 rings (SSSR count). The number of nitrogens with one attached hydrogen (secondary N) is 2. The molecule has 114 valence electrons. The first-order chi connectivity index (χ1) is 10.1. The minimum atomic E-state index is -1.01. The molecule has 0 unspecified atom stereocenters. The average molecular weight is 292 g/mol. The zero-order chi connectivity index (χ0) is 15.3. The normalized spacial score (nSPS) is 17.2. The number of methoxy groups -OCH3 is 1. The Morgan fingerprint density at radius 1 is 1.38 bits per heavy atom. The van der Waals surface area contributed by atoms with E-state index in [1.807, 2.05) is 0 Å². The average Bonchev–Trinajstić information content (AvgIpc) is 2.48. The Kier molecular flexibility index (Phi) is 4.93. The highest BCUT2D eigenvalue weighted by Gasteiger charge is 2.39. The van der Waals surface area contributed by atoms with E-state index in [1.54, 1.807) is 19.2 Å². The molecule has 0 aromatic heterocycles. The Bertz CT molecular complexity index is 519. The number of aromatic carboxylic acids is 1. The predicted octanol–water partition coefficient (Wildman–Crippen LogP) is 1.34. The Labute approximate surface area is 123 Å². The van der Waals surface area contributed by atoms with Crippen molar-refractivity contribution in [3.8, 4) is 0 Å². The van der Waals surface area contributed by atoms with Crippen molar-refractivity contribution >= 4 is 17.6 Å². The molecule has 1 aromatic carbocycles. The summed E-state index contributed by atoms with van der Waals surface area (Å²) in [6.45, 7) is 1.90. The van der Waals surface area contributed by atoms with Gasteiger partial charge in [0.05, 0.1) is 17.6 Å². The Morgan fingerprint density at radius 3 is 2.71 bits per heavy atom. The lowest BCUT2D eigenvalue weighted by Gasteiger charge is -2.35. The van der Waals surface area contributed by atoms with Crippen LogP contribution in [0.1, 0.15) is 23.2 Å². The molecule has 0 spiro atoms. The van der Waals surface area contributed by atoms with Crippen molar-refractivity contribution in [1.29, 1.82) is 0 Å². The SMILES string of the molecule is COCC1(C(=O)Nc2cccc(C(=O)O)c2)CCNCC1. The van der Waals surface area contributed by atoms with Gasteiger partial charge in [0.25, 0.3) is 0 Å². The fourth-order valence-electron chi connectivity index (χ4n) is 2.61. The highest BCUT2D eigenvalue weighted by Crippen LogP contribution is 2.31. The fourth-order valence-corrected chi connectivity index (χ4v) is 2.61. The summed E-state index contributed by atoms with van der Waals surface area (Å²) in [5.41, 5.74) is 0.0898. The van der Waals surface area contributed by atoms with Crippen LogP contribution >= 0.6 is 0 Å². The first-order valence-corrected chi connectivity index (χ1v) is 6.92. The summed E-state index contributed by atoms with van der Waals surface area (Å²) >= 11 is 0. The van der Waals surface area contributed by atoms with Crippen molar-refractivity contribution in [2.75, 3.05) is 32.1 Å². The first kappa shape index (κ1) is 15.5. The lowest BCUT2D eigenvalue weighted by molar-refractivity contribution is -0.130. The van der Waals surface area contributed by atoms with Gasteiger partial charge in [-0.1, -0.05) is 6.07 Å². The lowest BCUT2D eigenvalue weighted by Crippen LogP contribution is -2.47. The molecule has 1 aromatic rings. The quantitative estimate of drug-likeness (QED) is 0.762. The molecular formula is C15H20N2O4. The number of carboxylic acids is 1. The number of benzene rings is 1. The van der Waals surface area contributed by atoms with Gasteiger partial charge in [-0.3, -0.25) is 4.79 Å². The third kappa shape index (κ3) is 3.59. The Morgan fingerprint density at radius 2 is 2.10 bits per heavy atom. The van der Waals surface area contributed by atoms with E-state index in [0.29, 0.717) is 25.1 Å². The second-order valence-corrected chi connectivity index (χ2v) is 5.30. The number of carbonyl (C=O) groups is 2. The zero-order valence-corrected chi connectivity index (χ0v) is 12.0. The van der Waals surface area contributed by atoms with Gasteiger partial charge in [-0.15, -0.1) is 0 Å². The van der Waals surface area contributed by atoms with E-state index < -0.39 is 11.4 Å². The van der Waals surface area contributed by atoms with Gasteiger partial charge in [0, 0.05) is 12.8 Å². The van der Waals surface area contributed by atoms with Crippen LogP contribution in [0.2, 0.25) is 0 Å². The van der Waals surface area contributed by atoms with E-state index in [-0.39, 0.29) is 11.5 Å². The second kappa shape index (κ2) is 6.69. The van der Waals surface area contributed by atoms with Gasteiger partial charge < -0.3 is 20.5 Å². The lowest BCUT2D eigenvalue weighted by atomic mass is 9.78. The molecular weight excluding hydrogens is 272 g/mol. The van der Waals surface area contributed by atoms with Crippen LogP contribution in [0.4, 0.5) is 5.69 Å². The van der Waals surface area contributed by atoms with Crippen LogP contribution in [0, 0.1) is 5.41 Å². The highest BCUT2D eigenvalue weighted by atomic mass is 16.5. The van der Waals surface area contributed by atoms with Crippen LogP contribution in [0.3, 0.4) is 0 Å². The number of carboxylic acid groups (broad SMARTS) is 1. The molecule has 1 aliphatic heterocycles. The van der Waals surface area contributed by atoms with Crippen molar-refractivity contribution in [2.24, 2.45) is 5.41 Å². The molecule has 0 bridgehead atoms. The molecule has 1 aliphatic rings. The maximum absolute atomic E-state index is 12.6. The molecule has 0 radical (unpaired) electrons. The van der Waals surface area contributed by atoms with Gasteiger partial charge in [0.1, 0.15) is 0 Å². The molecule has 3 N–H and O–H groups in total. The van der Waals surface area contributed by atoms with E-state index in [4.69, 9.17) is 9.84 Å². The summed E-state index contributed by atoms with van der Waals surface area (Å²) in [6.07, 6.45) is 1.40. The van der Waals surface area contributed by atoms with Crippen molar-refractivity contribution in [3.63, 3.8) is 0 Å². The van der Waals surface area contributed by atoms with Crippen molar-refractivity contribution in [3.05, 3.63) is 29.8 Å². The van der Waals surface area contributed by atoms with Gasteiger partial charge in [-0.25, -0.2) is 4.79 Å². The van der Waals surface area contributed by atoms with Crippen molar-refractivity contribution in [1.82, 2.24) is 5.32 Å². The topological polar surface area (TPSA) is 87.7 Å². The molecule has 6 heteroatoms. The largest absolute Gasteiger partial charge is 0.478 e. The molecule has 1 fully saturated rings. The maximum atomic E-state index is 12.6. The van der Waals surface area contributed by atoms with Crippen LogP contribution in [-0.4, -0.2) is 43.8 Å². The Balaban J connectivity index is 2.15. The molecule has 6 nitrogen and oxygen atoms in total. The molecule has 1 amide bonds. The van der Waals surface area contributed by atoms with E-state index in [9.17, 15) is 9.59 Å². The van der Waals surface area contributed by atoms with E-state index in [0.717, 1.165) is 13.1 Å². The number of anilines is 1. The number of hydrogen-bond acceptors (Lipinski definition) is 4. The van der Waals surface area contributed by atoms with Crippen LogP contribution < -0.4 is 10.6 Å². The van der Waals surface area contributed by atoms with Crippen LogP contribution in [0.25, 0.3) is 0 Å². The summed E-state index contributed by atoms with van der Waals surface area (Å²) < 4.78 is 5.22. The number of ether oxygens (including phenoxy) is 1. The number of rotatable bonds is 5. The molecule has 0 atom stereocenters. The molecule has 0 saturated carbocycles. The van der Waals surface area contributed by atoms with E-state index in [2.05, 4.69) is 10.6 Å². The standard InChI is InChI=1S/C15H20N2O4/c1-21-10-15(5-7-16-8-6-15)14(20)17-12-4-2-3-11(9-12)13(18)19/h2-4,9,16H,5-8,10H2,1H3,(H,17,20)(H,18,19). The van der Waals surface area contributed by atoms with Crippen molar-refractivity contribution in [2.45, 2.75) is 12.8 Å². The summed E-state index contributed by atoms with van der Waals surface area (Å²) in [5, 5.41) is 15.0. The molecule has 1 heterocycles. The summed E-state index contributed by atoms with van der Waals surface area (Å²) in [7, 11) is 1.59. The van der Waals surface area contributed by atoms with Crippen LogP contribution in [-0.2, 0) is 9.53 Å². The number of carbonyl (C=O) groups excluding carboxylic acids is 1. The summed E-state index contributed by atoms with van der Waals surface area (Å²) in [4.78, 5) is 23.6. The van der Waals surface area contributed by atoms with E-state index >= 15 is 0 Å². The van der Waals surface area contributed by atoms with E-state index in [1.165, 1.54) is 12.1 Å². The third-order valence-corrected chi connectivity index (χ3v) is 3.83. The fraction of sp³-hybridized carbons (Fsp3) is 0.467. The Hall–Kier alpha value is -1.92. The zero-order valence-electron chi connectivity index (χ0n) is 12.0. The minimum absolute atomic E-state index is 0.117. The molecule has 1 saturated heterocycles. The second-order valence-electron chi connectivity index (χ2n) is 5.30. The summed E-state index contributed by atoms with van der Waals surface area (Å²) in [5.74, 6) is -1.13.